The van der Waals surface area contributed by atoms with Crippen LogP contribution in [0.4, 0.5) is 0 Å². The third-order valence-electron chi connectivity index (χ3n) is 1.17. The van der Waals surface area contributed by atoms with Crippen LogP contribution < -0.4 is 5.32 Å². The van der Waals surface area contributed by atoms with Crippen molar-refractivity contribution in [2.24, 2.45) is 0 Å². The van der Waals surface area contributed by atoms with Gasteiger partial charge < -0.3 is 15.3 Å². The first-order chi connectivity index (χ1) is 4.72. The van der Waals surface area contributed by atoms with Gasteiger partial charge in [0, 0.05) is 20.6 Å². The number of aliphatic hydroxyl groups excluding tert-OH is 1. The summed E-state index contributed by atoms with van der Waals surface area (Å²) in [7, 11) is 3.92. The summed E-state index contributed by atoms with van der Waals surface area (Å²) in [6.07, 6.45) is 1.97. The molecule has 0 radical (unpaired) electrons. The van der Waals surface area contributed by atoms with Gasteiger partial charge in [0.1, 0.15) is 0 Å². The highest BCUT2D eigenvalue weighted by Gasteiger charge is 1.93. The minimum absolute atomic E-state index is 0.172. The van der Waals surface area contributed by atoms with Gasteiger partial charge in [0.25, 0.3) is 0 Å². The second-order valence-electron chi connectivity index (χ2n) is 2.22. The Morgan fingerprint density at radius 3 is 2.50 bits per heavy atom. The summed E-state index contributed by atoms with van der Waals surface area (Å²) < 4.78 is 0. The summed E-state index contributed by atoms with van der Waals surface area (Å²) in [6.45, 7) is 2.74. The molecule has 0 aliphatic carbocycles. The van der Waals surface area contributed by atoms with Crippen LogP contribution in [0.15, 0.2) is 11.9 Å². The van der Waals surface area contributed by atoms with E-state index in [1.54, 1.807) is 0 Å². The Balaban J connectivity index is 3.63. The molecule has 0 rings (SSSR count). The fourth-order valence-electron chi connectivity index (χ4n) is 0.702. The number of hydrogen-bond donors (Lipinski definition) is 2. The fourth-order valence-corrected chi connectivity index (χ4v) is 0.702. The third kappa shape index (κ3) is 3.35. The maximum absolute atomic E-state index is 8.48. The normalized spacial score (nSPS) is 11.4. The maximum atomic E-state index is 8.48. The lowest BCUT2D eigenvalue weighted by atomic mass is 10.5. The van der Waals surface area contributed by atoms with Crippen LogP contribution in [-0.2, 0) is 0 Å². The zero-order chi connectivity index (χ0) is 7.98. The number of nitrogens with zero attached hydrogens (tertiary/aromatic N) is 1. The first-order valence-electron chi connectivity index (χ1n) is 3.40. The summed E-state index contributed by atoms with van der Waals surface area (Å²) in [6, 6.07) is 0. The minimum Gasteiger partial charge on any atom is -0.395 e. The predicted molar refractivity (Wildman–Crippen MR) is 42.5 cm³/mol. The van der Waals surface area contributed by atoms with Gasteiger partial charge in [-0.3, -0.25) is 0 Å². The third-order valence-corrected chi connectivity index (χ3v) is 1.17. The Hall–Kier alpha value is -0.700. The summed E-state index contributed by atoms with van der Waals surface area (Å²) in [5.41, 5.74) is 0. The van der Waals surface area contributed by atoms with Crippen LogP contribution in [0.3, 0.4) is 0 Å². The Labute approximate surface area is 62.3 Å². The van der Waals surface area contributed by atoms with Crippen molar-refractivity contribution in [1.82, 2.24) is 10.2 Å². The van der Waals surface area contributed by atoms with E-state index in [0.717, 1.165) is 5.82 Å². The van der Waals surface area contributed by atoms with Gasteiger partial charge in [0.15, 0.2) is 0 Å². The highest BCUT2D eigenvalue weighted by Crippen LogP contribution is 1.90. The summed E-state index contributed by atoms with van der Waals surface area (Å²) >= 11 is 0. The van der Waals surface area contributed by atoms with Gasteiger partial charge in [-0.1, -0.05) is 0 Å². The van der Waals surface area contributed by atoms with E-state index < -0.39 is 0 Å². The SMILES string of the molecule is CC=C(NCCO)N(C)C. The molecule has 3 heteroatoms. The molecule has 0 aliphatic heterocycles. The van der Waals surface area contributed by atoms with Crippen molar-refractivity contribution in [2.75, 3.05) is 27.2 Å². The van der Waals surface area contributed by atoms with E-state index in [1.165, 1.54) is 0 Å². The average Bonchev–Trinajstić information content (AvgIpc) is 1.89. The topological polar surface area (TPSA) is 35.5 Å². The molecule has 0 amide bonds. The van der Waals surface area contributed by atoms with E-state index in [9.17, 15) is 0 Å². The lowest BCUT2D eigenvalue weighted by Gasteiger charge is -2.17. The molecule has 60 valence electrons. The van der Waals surface area contributed by atoms with Gasteiger partial charge in [-0.2, -0.15) is 0 Å². The van der Waals surface area contributed by atoms with Crippen molar-refractivity contribution in [3.63, 3.8) is 0 Å². The van der Waals surface area contributed by atoms with Crippen LogP contribution in [-0.4, -0.2) is 37.3 Å². The summed E-state index contributed by atoms with van der Waals surface area (Å²) in [5.74, 6) is 1.04. The molecule has 0 saturated carbocycles. The van der Waals surface area contributed by atoms with Crippen LogP contribution in [0, 0.1) is 0 Å². The standard InChI is InChI=1S/C7H16N2O/c1-4-7(9(2)3)8-5-6-10/h4,8,10H,5-6H2,1-3H3. The molecule has 2 N–H and O–H groups in total. The zero-order valence-electron chi connectivity index (χ0n) is 6.89. The Morgan fingerprint density at radius 2 is 2.20 bits per heavy atom. The molecule has 0 aromatic carbocycles. The lowest BCUT2D eigenvalue weighted by Crippen LogP contribution is -2.27. The van der Waals surface area contributed by atoms with Crippen molar-refractivity contribution >= 4 is 0 Å². The van der Waals surface area contributed by atoms with Crippen molar-refractivity contribution in [3.8, 4) is 0 Å². The Morgan fingerprint density at radius 1 is 1.60 bits per heavy atom. The van der Waals surface area contributed by atoms with Crippen LogP contribution in [0.25, 0.3) is 0 Å². The van der Waals surface area contributed by atoms with Crippen LogP contribution in [0.1, 0.15) is 6.92 Å². The van der Waals surface area contributed by atoms with Crippen molar-refractivity contribution in [1.29, 1.82) is 0 Å². The van der Waals surface area contributed by atoms with Crippen LogP contribution in [0.5, 0.6) is 0 Å². The van der Waals surface area contributed by atoms with E-state index >= 15 is 0 Å². The van der Waals surface area contributed by atoms with Gasteiger partial charge in [-0.05, 0) is 13.0 Å². The van der Waals surface area contributed by atoms with E-state index in [1.807, 2.05) is 32.0 Å². The molecule has 3 nitrogen and oxygen atoms in total. The molecule has 0 aromatic heterocycles. The van der Waals surface area contributed by atoms with Gasteiger partial charge in [0.2, 0.25) is 0 Å². The largest absolute Gasteiger partial charge is 0.395 e. The molecular weight excluding hydrogens is 128 g/mol. The molecular formula is C7H16N2O. The molecule has 0 aromatic rings. The van der Waals surface area contributed by atoms with Crippen LogP contribution >= 0.6 is 0 Å². The molecule has 0 heterocycles. The molecule has 0 unspecified atom stereocenters. The van der Waals surface area contributed by atoms with E-state index in [4.69, 9.17) is 5.11 Å². The molecule has 0 spiro atoms. The van der Waals surface area contributed by atoms with Crippen molar-refractivity contribution < 1.29 is 5.11 Å². The van der Waals surface area contributed by atoms with E-state index in [-0.39, 0.29) is 6.61 Å². The first kappa shape index (κ1) is 9.30. The number of allylic oxidation sites excluding steroid dienone is 1. The van der Waals surface area contributed by atoms with Crippen molar-refractivity contribution in [3.05, 3.63) is 11.9 Å². The second kappa shape index (κ2) is 5.11. The highest BCUT2D eigenvalue weighted by molar-refractivity contribution is 4.94. The molecule has 0 atom stereocenters. The second-order valence-corrected chi connectivity index (χ2v) is 2.22. The number of nitrogens with one attached hydrogen (secondary N) is 1. The maximum Gasteiger partial charge on any atom is 0.0964 e. The lowest BCUT2D eigenvalue weighted by molar-refractivity contribution is 0.290. The van der Waals surface area contributed by atoms with Gasteiger partial charge >= 0.3 is 0 Å². The molecule has 0 bridgehead atoms. The number of aliphatic hydroxyl groups is 1. The van der Waals surface area contributed by atoms with E-state index in [0.29, 0.717) is 6.54 Å². The number of hydrogen-bond acceptors (Lipinski definition) is 3. The van der Waals surface area contributed by atoms with Gasteiger partial charge in [0.05, 0.1) is 12.4 Å². The molecule has 10 heavy (non-hydrogen) atoms. The minimum atomic E-state index is 0.172. The van der Waals surface area contributed by atoms with Gasteiger partial charge in [-0.25, -0.2) is 0 Å². The zero-order valence-corrected chi connectivity index (χ0v) is 6.89. The van der Waals surface area contributed by atoms with Crippen molar-refractivity contribution in [2.45, 2.75) is 6.92 Å². The summed E-state index contributed by atoms with van der Waals surface area (Å²) in [5, 5.41) is 11.5. The van der Waals surface area contributed by atoms with E-state index in [2.05, 4.69) is 5.32 Å². The number of rotatable bonds is 4. The monoisotopic (exact) mass is 144 g/mol. The first-order valence-corrected chi connectivity index (χ1v) is 3.40. The Kier molecular flexibility index (Phi) is 4.76. The Bertz CT molecular complexity index is 110. The predicted octanol–water partition coefficient (Wildman–Crippen LogP) is -0.00880. The summed E-state index contributed by atoms with van der Waals surface area (Å²) in [4.78, 5) is 1.97. The van der Waals surface area contributed by atoms with Gasteiger partial charge in [-0.15, -0.1) is 0 Å². The smallest absolute Gasteiger partial charge is 0.0964 e. The molecule has 0 saturated heterocycles. The molecule has 0 aliphatic rings. The molecule has 0 fully saturated rings. The quantitative estimate of drug-likeness (QED) is 0.582. The highest BCUT2D eigenvalue weighted by atomic mass is 16.3. The fraction of sp³-hybridized carbons (Fsp3) is 0.714. The average molecular weight is 144 g/mol. The van der Waals surface area contributed by atoms with Crippen LogP contribution in [0.2, 0.25) is 0 Å².